The van der Waals surface area contributed by atoms with Gasteiger partial charge in [-0.25, -0.2) is 0 Å². The first-order valence-corrected chi connectivity index (χ1v) is 5.66. The van der Waals surface area contributed by atoms with Crippen molar-refractivity contribution in [3.05, 3.63) is 41.7 Å². The molecule has 1 amide bonds. The van der Waals surface area contributed by atoms with E-state index in [1.165, 1.54) is 0 Å². The van der Waals surface area contributed by atoms with Crippen molar-refractivity contribution in [2.24, 2.45) is 0 Å². The van der Waals surface area contributed by atoms with E-state index in [-0.39, 0.29) is 22.2 Å². The number of thiocarbonyl (C=S) groups is 1. The standard InChI is InChI=1S/C12H12N2O2S/c15-9-6-7-13-11(16)10(9)12(17)14-8-4-2-1-3-5-8/h1-5,15H,6-7H2,(H,13,16)(H,14,17). The van der Waals surface area contributed by atoms with Crippen molar-refractivity contribution in [2.45, 2.75) is 6.42 Å². The van der Waals surface area contributed by atoms with Crippen molar-refractivity contribution in [3.63, 3.8) is 0 Å². The number of aliphatic hydroxyl groups is 1. The predicted octanol–water partition coefficient (Wildman–Crippen LogP) is 1.76. The highest BCUT2D eigenvalue weighted by atomic mass is 32.1. The molecular weight excluding hydrogens is 236 g/mol. The lowest BCUT2D eigenvalue weighted by Crippen LogP contribution is -2.36. The highest BCUT2D eigenvalue weighted by Crippen LogP contribution is 2.15. The summed E-state index contributed by atoms with van der Waals surface area (Å²) in [5.74, 6) is -0.288. The van der Waals surface area contributed by atoms with Gasteiger partial charge in [0.05, 0.1) is 0 Å². The van der Waals surface area contributed by atoms with E-state index in [0.29, 0.717) is 13.0 Å². The van der Waals surface area contributed by atoms with Crippen LogP contribution in [-0.4, -0.2) is 22.5 Å². The van der Waals surface area contributed by atoms with Crippen LogP contribution in [0, 0.1) is 0 Å². The lowest BCUT2D eigenvalue weighted by atomic mass is 10.1. The molecule has 2 rings (SSSR count). The number of benzene rings is 1. The molecule has 0 radical (unpaired) electrons. The Labute approximate surface area is 104 Å². The Hall–Kier alpha value is -1.88. The molecule has 88 valence electrons. The Kier molecular flexibility index (Phi) is 3.39. The van der Waals surface area contributed by atoms with Gasteiger partial charge in [-0.2, -0.15) is 0 Å². The summed E-state index contributed by atoms with van der Waals surface area (Å²) in [6.07, 6.45) is 0.414. The molecule has 3 N–H and O–H groups in total. The summed E-state index contributed by atoms with van der Waals surface area (Å²) >= 11 is 5.12. The minimum atomic E-state index is -0.331. The Morgan fingerprint density at radius 1 is 1.35 bits per heavy atom. The van der Waals surface area contributed by atoms with Gasteiger partial charge in [-0.3, -0.25) is 4.79 Å². The third-order valence-corrected chi connectivity index (χ3v) is 2.73. The van der Waals surface area contributed by atoms with E-state index in [2.05, 4.69) is 10.6 Å². The van der Waals surface area contributed by atoms with E-state index in [0.717, 1.165) is 5.69 Å². The summed E-state index contributed by atoms with van der Waals surface area (Å²) in [5, 5.41) is 15.2. The van der Waals surface area contributed by atoms with Crippen LogP contribution in [0.2, 0.25) is 0 Å². The van der Waals surface area contributed by atoms with Gasteiger partial charge in [-0.15, -0.1) is 0 Å². The molecule has 1 aliphatic heterocycles. The van der Waals surface area contributed by atoms with E-state index in [1.807, 2.05) is 30.3 Å². The van der Waals surface area contributed by atoms with Crippen LogP contribution < -0.4 is 10.6 Å². The highest BCUT2D eigenvalue weighted by molar-refractivity contribution is 7.81. The highest BCUT2D eigenvalue weighted by Gasteiger charge is 2.23. The average molecular weight is 248 g/mol. The van der Waals surface area contributed by atoms with Crippen molar-refractivity contribution in [3.8, 4) is 0 Å². The molecular formula is C12H12N2O2S. The SMILES string of the molecule is O=C1NCCC(O)=C1C(=S)Nc1ccccc1. The van der Waals surface area contributed by atoms with Gasteiger partial charge in [0.15, 0.2) is 0 Å². The second kappa shape index (κ2) is 4.97. The molecule has 0 unspecified atom stereocenters. The molecule has 0 saturated heterocycles. The number of amides is 1. The van der Waals surface area contributed by atoms with Crippen LogP contribution in [-0.2, 0) is 4.79 Å². The lowest BCUT2D eigenvalue weighted by Gasteiger charge is -2.18. The number of nitrogens with one attached hydrogen (secondary N) is 2. The fraction of sp³-hybridized carbons (Fsp3) is 0.167. The summed E-state index contributed by atoms with van der Waals surface area (Å²) in [6.45, 7) is 0.447. The van der Waals surface area contributed by atoms with Gasteiger partial charge in [-0.1, -0.05) is 30.4 Å². The molecule has 1 heterocycles. The van der Waals surface area contributed by atoms with E-state index < -0.39 is 0 Å². The third kappa shape index (κ3) is 2.62. The summed E-state index contributed by atoms with van der Waals surface area (Å²) in [5.41, 5.74) is 0.950. The van der Waals surface area contributed by atoms with E-state index in [9.17, 15) is 9.90 Å². The van der Waals surface area contributed by atoms with Crippen molar-refractivity contribution >= 4 is 28.8 Å². The zero-order valence-corrected chi connectivity index (χ0v) is 9.88. The number of para-hydroxylation sites is 1. The number of hydrogen-bond acceptors (Lipinski definition) is 3. The Morgan fingerprint density at radius 2 is 2.06 bits per heavy atom. The van der Waals surface area contributed by atoms with E-state index in [4.69, 9.17) is 12.2 Å². The molecule has 0 fully saturated rings. The lowest BCUT2D eigenvalue weighted by molar-refractivity contribution is -0.117. The monoisotopic (exact) mass is 248 g/mol. The fourth-order valence-electron chi connectivity index (χ4n) is 1.59. The predicted molar refractivity (Wildman–Crippen MR) is 69.9 cm³/mol. The largest absolute Gasteiger partial charge is 0.511 e. The quantitative estimate of drug-likeness (QED) is 0.698. The van der Waals surface area contributed by atoms with Crippen molar-refractivity contribution in [1.29, 1.82) is 0 Å². The number of anilines is 1. The third-order valence-electron chi connectivity index (χ3n) is 2.42. The van der Waals surface area contributed by atoms with Gasteiger partial charge in [-0.05, 0) is 12.1 Å². The maximum absolute atomic E-state index is 11.6. The molecule has 0 aliphatic carbocycles. The second-order valence-electron chi connectivity index (χ2n) is 3.65. The second-order valence-corrected chi connectivity index (χ2v) is 4.06. The summed E-state index contributed by atoms with van der Waals surface area (Å²) in [7, 11) is 0. The van der Waals surface area contributed by atoms with Crippen LogP contribution in [0.5, 0.6) is 0 Å². The molecule has 17 heavy (non-hydrogen) atoms. The molecule has 1 aromatic carbocycles. The topological polar surface area (TPSA) is 61.4 Å². The zero-order valence-electron chi connectivity index (χ0n) is 9.06. The van der Waals surface area contributed by atoms with Crippen LogP contribution >= 0.6 is 12.2 Å². The summed E-state index contributed by atoms with van der Waals surface area (Å²) in [6, 6.07) is 9.29. The smallest absolute Gasteiger partial charge is 0.257 e. The summed E-state index contributed by atoms with van der Waals surface area (Å²) < 4.78 is 0. The van der Waals surface area contributed by atoms with Crippen molar-refractivity contribution in [2.75, 3.05) is 11.9 Å². The molecule has 1 aliphatic rings. The fourth-order valence-corrected chi connectivity index (χ4v) is 1.92. The minimum absolute atomic E-state index is 0.0437. The molecule has 0 aromatic heterocycles. The normalized spacial score (nSPS) is 15.4. The molecule has 0 saturated carbocycles. The van der Waals surface area contributed by atoms with Crippen LogP contribution in [0.3, 0.4) is 0 Å². The molecule has 0 bridgehead atoms. The number of rotatable bonds is 2. The van der Waals surface area contributed by atoms with Crippen molar-refractivity contribution < 1.29 is 9.90 Å². The van der Waals surface area contributed by atoms with Crippen LogP contribution in [0.4, 0.5) is 5.69 Å². The van der Waals surface area contributed by atoms with Gasteiger partial charge in [0.1, 0.15) is 16.3 Å². The van der Waals surface area contributed by atoms with Gasteiger partial charge < -0.3 is 15.7 Å². The van der Waals surface area contributed by atoms with Crippen LogP contribution in [0.1, 0.15) is 6.42 Å². The zero-order chi connectivity index (χ0) is 12.3. The van der Waals surface area contributed by atoms with E-state index >= 15 is 0 Å². The summed E-state index contributed by atoms with van der Waals surface area (Å²) in [4.78, 5) is 11.8. The van der Waals surface area contributed by atoms with Crippen LogP contribution in [0.25, 0.3) is 0 Å². The Morgan fingerprint density at radius 3 is 2.71 bits per heavy atom. The first kappa shape index (κ1) is 11.6. The molecule has 1 aromatic rings. The van der Waals surface area contributed by atoms with Gasteiger partial charge >= 0.3 is 0 Å². The minimum Gasteiger partial charge on any atom is -0.511 e. The van der Waals surface area contributed by atoms with Crippen molar-refractivity contribution in [1.82, 2.24) is 5.32 Å². The molecule has 0 atom stereocenters. The number of carbonyl (C=O) groups is 1. The maximum atomic E-state index is 11.6. The maximum Gasteiger partial charge on any atom is 0.257 e. The van der Waals surface area contributed by atoms with Gasteiger partial charge in [0.2, 0.25) is 0 Å². The first-order chi connectivity index (χ1) is 8.18. The number of aliphatic hydroxyl groups excluding tert-OH is 1. The van der Waals surface area contributed by atoms with Gasteiger partial charge in [0, 0.05) is 18.7 Å². The van der Waals surface area contributed by atoms with E-state index in [1.54, 1.807) is 0 Å². The number of carbonyl (C=O) groups excluding carboxylic acids is 1. The number of hydrogen-bond donors (Lipinski definition) is 3. The first-order valence-electron chi connectivity index (χ1n) is 5.25. The molecule has 4 nitrogen and oxygen atoms in total. The Bertz CT molecular complexity index is 483. The van der Waals surface area contributed by atoms with Gasteiger partial charge in [0.25, 0.3) is 5.91 Å². The molecule has 0 spiro atoms. The molecule has 5 heteroatoms. The Balaban J connectivity index is 2.18. The van der Waals surface area contributed by atoms with Crippen LogP contribution in [0.15, 0.2) is 41.7 Å². The average Bonchev–Trinajstić information content (AvgIpc) is 2.30.